The minimum atomic E-state index is -0.196. The van der Waals surface area contributed by atoms with Gasteiger partial charge in [-0.25, -0.2) is 4.98 Å². The van der Waals surface area contributed by atoms with Gasteiger partial charge in [0.15, 0.2) is 0 Å². The van der Waals surface area contributed by atoms with E-state index in [0.29, 0.717) is 0 Å². The highest BCUT2D eigenvalue weighted by Gasteiger charge is 2.11. The lowest BCUT2D eigenvalue weighted by molar-refractivity contribution is 0.835. The molecule has 1 atom stereocenters. The molecule has 0 radical (unpaired) electrons. The first-order valence-electron chi connectivity index (χ1n) is 5.33. The summed E-state index contributed by atoms with van der Waals surface area (Å²) in [7, 11) is 0. The molecule has 3 nitrogen and oxygen atoms in total. The van der Waals surface area contributed by atoms with Crippen LogP contribution < -0.4 is 5.73 Å². The molecule has 0 amide bonds. The van der Waals surface area contributed by atoms with Crippen LogP contribution in [0.2, 0.25) is 0 Å². The van der Waals surface area contributed by atoms with E-state index in [2.05, 4.69) is 16.0 Å². The Morgan fingerprint density at radius 3 is 2.88 bits per heavy atom. The second-order valence-corrected chi connectivity index (χ2v) is 4.57. The second-order valence-electron chi connectivity index (χ2n) is 3.85. The molecule has 2 heterocycles. The molecule has 0 aliphatic heterocycles. The topological polar surface area (TPSA) is 51.8 Å². The monoisotopic (exact) mass is 241 g/mol. The maximum absolute atomic E-state index is 6.16. The fourth-order valence-corrected chi connectivity index (χ4v) is 2.39. The fourth-order valence-electron chi connectivity index (χ4n) is 1.80. The van der Waals surface area contributed by atoms with E-state index in [1.54, 1.807) is 16.8 Å². The molecule has 0 saturated carbocycles. The zero-order valence-corrected chi connectivity index (χ0v) is 9.89. The lowest BCUT2D eigenvalue weighted by Crippen LogP contribution is -2.12. The Morgan fingerprint density at radius 1 is 1.18 bits per heavy atom. The number of hydrogen-bond acceptors (Lipinski definition) is 4. The van der Waals surface area contributed by atoms with E-state index in [0.717, 1.165) is 22.2 Å². The van der Waals surface area contributed by atoms with Crippen molar-refractivity contribution in [2.45, 2.75) is 6.04 Å². The number of thiazole rings is 1. The number of benzene rings is 1. The molecule has 0 aliphatic rings. The van der Waals surface area contributed by atoms with Crippen LogP contribution in [0.1, 0.15) is 17.3 Å². The van der Waals surface area contributed by atoms with Gasteiger partial charge in [-0.05, 0) is 17.7 Å². The number of aromatic nitrogens is 2. The van der Waals surface area contributed by atoms with Gasteiger partial charge in [0.25, 0.3) is 0 Å². The van der Waals surface area contributed by atoms with Gasteiger partial charge in [0.1, 0.15) is 0 Å². The highest BCUT2D eigenvalue weighted by molar-refractivity contribution is 7.07. The SMILES string of the molecule is NC(c1cnc2ccccc2c1)c1cscn1. The third-order valence-electron chi connectivity index (χ3n) is 2.74. The van der Waals surface area contributed by atoms with Crippen molar-refractivity contribution < 1.29 is 0 Å². The van der Waals surface area contributed by atoms with Crippen LogP contribution in [0.5, 0.6) is 0 Å². The van der Waals surface area contributed by atoms with Gasteiger partial charge >= 0.3 is 0 Å². The van der Waals surface area contributed by atoms with Crippen molar-refractivity contribution in [1.82, 2.24) is 9.97 Å². The fraction of sp³-hybridized carbons (Fsp3) is 0.0769. The zero-order chi connectivity index (χ0) is 11.7. The molecule has 2 N–H and O–H groups in total. The molecule has 1 aromatic carbocycles. The maximum Gasteiger partial charge on any atom is 0.0795 e. The lowest BCUT2D eigenvalue weighted by Gasteiger charge is -2.09. The molecular weight excluding hydrogens is 230 g/mol. The summed E-state index contributed by atoms with van der Waals surface area (Å²) in [6, 6.07) is 9.90. The van der Waals surface area contributed by atoms with Gasteiger partial charge in [-0.1, -0.05) is 18.2 Å². The Labute approximate surface area is 103 Å². The zero-order valence-electron chi connectivity index (χ0n) is 9.08. The molecule has 0 bridgehead atoms. The first-order valence-corrected chi connectivity index (χ1v) is 6.27. The van der Waals surface area contributed by atoms with Gasteiger partial charge in [0.05, 0.1) is 22.8 Å². The summed E-state index contributed by atoms with van der Waals surface area (Å²) >= 11 is 1.55. The van der Waals surface area contributed by atoms with E-state index in [-0.39, 0.29) is 6.04 Å². The first-order chi connectivity index (χ1) is 8.34. The molecule has 2 aromatic heterocycles. The average Bonchev–Trinajstić information content (AvgIpc) is 2.91. The van der Waals surface area contributed by atoms with E-state index < -0.39 is 0 Å². The van der Waals surface area contributed by atoms with Crippen molar-refractivity contribution >= 4 is 22.2 Å². The van der Waals surface area contributed by atoms with E-state index in [1.165, 1.54) is 0 Å². The van der Waals surface area contributed by atoms with Crippen LogP contribution in [0, 0.1) is 0 Å². The molecule has 4 heteroatoms. The second kappa shape index (κ2) is 4.24. The van der Waals surface area contributed by atoms with Crippen LogP contribution in [-0.2, 0) is 0 Å². The molecule has 0 saturated heterocycles. The van der Waals surface area contributed by atoms with Crippen LogP contribution in [-0.4, -0.2) is 9.97 Å². The van der Waals surface area contributed by atoms with E-state index in [9.17, 15) is 0 Å². The van der Waals surface area contributed by atoms with Crippen LogP contribution in [0.3, 0.4) is 0 Å². The Bertz CT molecular complexity index is 634. The largest absolute Gasteiger partial charge is 0.319 e. The van der Waals surface area contributed by atoms with Crippen molar-refractivity contribution in [3.63, 3.8) is 0 Å². The minimum absolute atomic E-state index is 0.196. The summed E-state index contributed by atoms with van der Waals surface area (Å²) in [5.74, 6) is 0. The smallest absolute Gasteiger partial charge is 0.0795 e. The van der Waals surface area contributed by atoms with Gasteiger partial charge in [-0.3, -0.25) is 4.98 Å². The van der Waals surface area contributed by atoms with Crippen molar-refractivity contribution in [3.05, 3.63) is 58.7 Å². The molecular formula is C13H11N3S. The number of pyridine rings is 1. The summed E-state index contributed by atoms with van der Waals surface area (Å²) in [5, 5.41) is 3.08. The van der Waals surface area contributed by atoms with Crippen molar-refractivity contribution in [3.8, 4) is 0 Å². The number of para-hydroxylation sites is 1. The number of nitrogens with zero attached hydrogens (tertiary/aromatic N) is 2. The average molecular weight is 241 g/mol. The third-order valence-corrected chi connectivity index (χ3v) is 3.35. The van der Waals surface area contributed by atoms with Gasteiger partial charge in [0.2, 0.25) is 0 Å². The van der Waals surface area contributed by atoms with Crippen LogP contribution in [0.4, 0.5) is 0 Å². The minimum Gasteiger partial charge on any atom is -0.319 e. The first kappa shape index (κ1) is 10.4. The standard InChI is InChI=1S/C13H11N3S/c14-13(12-7-17-8-16-12)10-5-9-3-1-2-4-11(9)15-6-10/h1-8,13H,14H2. The van der Waals surface area contributed by atoms with Crippen LogP contribution >= 0.6 is 11.3 Å². The molecule has 17 heavy (non-hydrogen) atoms. The van der Waals surface area contributed by atoms with Gasteiger partial charge < -0.3 is 5.73 Å². The van der Waals surface area contributed by atoms with Gasteiger partial charge in [-0.15, -0.1) is 11.3 Å². The number of nitrogens with two attached hydrogens (primary N) is 1. The number of fused-ring (bicyclic) bond motifs is 1. The summed E-state index contributed by atoms with van der Waals surface area (Å²) < 4.78 is 0. The number of hydrogen-bond donors (Lipinski definition) is 1. The Hall–Kier alpha value is -1.78. The van der Waals surface area contributed by atoms with Crippen LogP contribution in [0.25, 0.3) is 10.9 Å². The Balaban J connectivity index is 2.06. The van der Waals surface area contributed by atoms with E-state index in [4.69, 9.17) is 5.73 Å². The summed E-state index contributed by atoms with van der Waals surface area (Å²) in [6.45, 7) is 0. The maximum atomic E-state index is 6.16. The van der Waals surface area contributed by atoms with E-state index >= 15 is 0 Å². The van der Waals surface area contributed by atoms with E-state index in [1.807, 2.05) is 35.8 Å². The van der Waals surface area contributed by atoms with Crippen molar-refractivity contribution in [2.75, 3.05) is 0 Å². The normalized spacial score (nSPS) is 12.8. The van der Waals surface area contributed by atoms with Crippen molar-refractivity contribution in [2.24, 2.45) is 5.73 Å². The third kappa shape index (κ3) is 1.92. The predicted octanol–water partition coefficient (Wildman–Crippen LogP) is 2.74. The lowest BCUT2D eigenvalue weighted by atomic mass is 10.1. The molecule has 0 fully saturated rings. The summed E-state index contributed by atoms with van der Waals surface area (Å²) in [5.41, 5.74) is 10.8. The van der Waals surface area contributed by atoms with Crippen molar-refractivity contribution in [1.29, 1.82) is 0 Å². The summed E-state index contributed by atoms with van der Waals surface area (Å²) in [6.07, 6.45) is 1.83. The van der Waals surface area contributed by atoms with Gasteiger partial charge in [0, 0.05) is 17.0 Å². The number of rotatable bonds is 2. The molecule has 0 spiro atoms. The molecule has 84 valence electrons. The van der Waals surface area contributed by atoms with Crippen LogP contribution in [0.15, 0.2) is 47.4 Å². The predicted molar refractivity (Wildman–Crippen MR) is 69.9 cm³/mol. The molecule has 3 rings (SSSR count). The Kier molecular flexibility index (Phi) is 2.59. The van der Waals surface area contributed by atoms with Gasteiger partial charge in [-0.2, -0.15) is 0 Å². The highest BCUT2D eigenvalue weighted by atomic mass is 32.1. The molecule has 0 aliphatic carbocycles. The highest BCUT2D eigenvalue weighted by Crippen LogP contribution is 2.21. The quantitative estimate of drug-likeness (QED) is 0.750. The molecule has 3 aromatic rings. The molecule has 1 unspecified atom stereocenters. The Morgan fingerprint density at radius 2 is 2.06 bits per heavy atom. The summed E-state index contributed by atoms with van der Waals surface area (Å²) in [4.78, 5) is 8.65.